The number of fused-ring (bicyclic) bond motifs is 1. The second kappa shape index (κ2) is 7.13. The van der Waals surface area contributed by atoms with Gasteiger partial charge in [-0.3, -0.25) is 4.79 Å². The van der Waals surface area contributed by atoms with Crippen LogP contribution in [0.3, 0.4) is 0 Å². The zero-order valence-corrected chi connectivity index (χ0v) is 15.7. The molecule has 1 aliphatic heterocycles. The van der Waals surface area contributed by atoms with Gasteiger partial charge in [0.2, 0.25) is 5.82 Å². The number of nitrogens with zero attached hydrogens (tertiary/aromatic N) is 5. The molecule has 0 aliphatic carbocycles. The van der Waals surface area contributed by atoms with Gasteiger partial charge < -0.3 is 9.64 Å². The number of ether oxygens (including phenoxy) is 1. The van der Waals surface area contributed by atoms with E-state index in [0.717, 1.165) is 36.4 Å². The summed E-state index contributed by atoms with van der Waals surface area (Å²) in [6.45, 7) is 5.68. The highest BCUT2D eigenvalue weighted by Crippen LogP contribution is 2.18. The molecule has 136 valence electrons. The molecule has 0 radical (unpaired) electrons. The Morgan fingerprint density at radius 3 is 3.04 bits per heavy atom. The van der Waals surface area contributed by atoms with Crippen LogP contribution in [-0.4, -0.2) is 49.6 Å². The number of thiophene rings is 1. The largest absolute Gasteiger partial charge is 0.376 e. The summed E-state index contributed by atoms with van der Waals surface area (Å²) in [4.78, 5) is 23.7. The Balaban J connectivity index is 1.63. The lowest BCUT2D eigenvalue weighted by Crippen LogP contribution is -2.37. The lowest BCUT2D eigenvalue weighted by atomic mass is 10.2. The quantitative estimate of drug-likeness (QED) is 0.689. The van der Waals surface area contributed by atoms with Gasteiger partial charge in [0.05, 0.1) is 6.10 Å². The van der Waals surface area contributed by atoms with E-state index in [1.807, 2.05) is 31.4 Å². The molecular weight excluding hydrogens is 350 g/mol. The van der Waals surface area contributed by atoms with Gasteiger partial charge in [0, 0.05) is 31.1 Å². The van der Waals surface area contributed by atoms with Crippen LogP contribution in [0, 0.1) is 13.8 Å². The molecule has 1 atom stereocenters. The molecule has 3 aromatic heterocycles. The van der Waals surface area contributed by atoms with Crippen molar-refractivity contribution in [2.24, 2.45) is 0 Å². The first-order valence-electron chi connectivity index (χ1n) is 8.73. The highest BCUT2D eigenvalue weighted by molar-refractivity contribution is 7.07. The summed E-state index contributed by atoms with van der Waals surface area (Å²) >= 11 is 1.62. The Kier molecular flexibility index (Phi) is 4.69. The summed E-state index contributed by atoms with van der Waals surface area (Å²) in [5.41, 5.74) is 2.87. The van der Waals surface area contributed by atoms with E-state index >= 15 is 0 Å². The first-order chi connectivity index (χ1) is 12.6. The van der Waals surface area contributed by atoms with Crippen molar-refractivity contribution in [1.29, 1.82) is 0 Å². The minimum atomic E-state index is -0.186. The number of hydrogen-bond acceptors (Lipinski definition) is 6. The van der Waals surface area contributed by atoms with E-state index in [1.54, 1.807) is 20.8 Å². The molecule has 1 amide bonds. The van der Waals surface area contributed by atoms with E-state index in [4.69, 9.17) is 4.74 Å². The summed E-state index contributed by atoms with van der Waals surface area (Å²) in [6.07, 6.45) is 2.10. The third-order valence-corrected chi connectivity index (χ3v) is 5.23. The zero-order valence-electron chi connectivity index (χ0n) is 14.9. The smallest absolute Gasteiger partial charge is 0.294 e. The molecule has 0 saturated carbocycles. The fourth-order valence-corrected chi connectivity index (χ4v) is 3.91. The predicted octanol–water partition coefficient (Wildman–Crippen LogP) is 2.62. The molecule has 1 aliphatic rings. The van der Waals surface area contributed by atoms with E-state index in [-0.39, 0.29) is 17.8 Å². The third-order valence-electron chi connectivity index (χ3n) is 4.50. The molecule has 0 spiro atoms. The molecule has 0 aromatic carbocycles. The topological polar surface area (TPSA) is 72.6 Å². The van der Waals surface area contributed by atoms with Crippen LogP contribution >= 0.6 is 11.3 Å². The van der Waals surface area contributed by atoms with Crippen LogP contribution < -0.4 is 0 Å². The van der Waals surface area contributed by atoms with Crippen molar-refractivity contribution in [1.82, 2.24) is 24.5 Å². The van der Waals surface area contributed by atoms with Crippen LogP contribution in [0.4, 0.5) is 0 Å². The lowest BCUT2D eigenvalue weighted by molar-refractivity contribution is 0.0498. The van der Waals surface area contributed by atoms with Gasteiger partial charge in [-0.2, -0.15) is 16.3 Å². The molecule has 26 heavy (non-hydrogen) atoms. The Hall–Kier alpha value is -2.32. The van der Waals surface area contributed by atoms with Crippen LogP contribution in [0.1, 0.15) is 40.4 Å². The molecule has 3 aromatic rings. The Morgan fingerprint density at radius 1 is 1.42 bits per heavy atom. The average molecular weight is 371 g/mol. The van der Waals surface area contributed by atoms with Gasteiger partial charge in [-0.15, -0.1) is 5.10 Å². The van der Waals surface area contributed by atoms with Gasteiger partial charge in [0.25, 0.3) is 11.7 Å². The molecule has 8 heteroatoms. The van der Waals surface area contributed by atoms with Crippen molar-refractivity contribution in [3.05, 3.63) is 45.7 Å². The van der Waals surface area contributed by atoms with Crippen molar-refractivity contribution < 1.29 is 9.53 Å². The van der Waals surface area contributed by atoms with E-state index in [2.05, 4.69) is 20.4 Å². The highest BCUT2D eigenvalue weighted by Gasteiger charge is 2.26. The van der Waals surface area contributed by atoms with Crippen molar-refractivity contribution in [2.75, 3.05) is 13.2 Å². The molecule has 1 unspecified atom stereocenters. The van der Waals surface area contributed by atoms with E-state index < -0.39 is 0 Å². The summed E-state index contributed by atoms with van der Waals surface area (Å²) in [7, 11) is 0. The monoisotopic (exact) mass is 371 g/mol. The Morgan fingerprint density at radius 2 is 2.31 bits per heavy atom. The maximum Gasteiger partial charge on any atom is 0.294 e. The van der Waals surface area contributed by atoms with Crippen molar-refractivity contribution in [2.45, 2.75) is 39.3 Å². The minimum absolute atomic E-state index is 0.0803. The molecule has 1 fully saturated rings. The molecule has 0 bridgehead atoms. The maximum atomic E-state index is 13.1. The summed E-state index contributed by atoms with van der Waals surface area (Å²) in [6, 6.07) is 3.96. The number of amides is 1. The standard InChI is InChI=1S/C18H21N5O2S/c1-12-8-13(2)23-18(19-12)20-16(21-23)17(24)22(9-14-5-7-26-11-14)10-15-4-3-6-25-15/h5,7-8,11,15H,3-4,6,9-10H2,1-2H3. The maximum absolute atomic E-state index is 13.1. The fourth-order valence-electron chi connectivity index (χ4n) is 3.25. The second-order valence-corrected chi connectivity index (χ2v) is 7.42. The molecule has 0 N–H and O–H groups in total. The van der Waals surface area contributed by atoms with Gasteiger partial charge in [-0.05, 0) is 55.1 Å². The highest BCUT2D eigenvalue weighted by atomic mass is 32.1. The van der Waals surface area contributed by atoms with E-state index in [0.29, 0.717) is 18.9 Å². The molecule has 1 saturated heterocycles. The minimum Gasteiger partial charge on any atom is -0.376 e. The van der Waals surface area contributed by atoms with E-state index in [9.17, 15) is 4.79 Å². The van der Waals surface area contributed by atoms with Crippen LogP contribution in [0.25, 0.3) is 5.78 Å². The van der Waals surface area contributed by atoms with Crippen LogP contribution in [0.5, 0.6) is 0 Å². The number of aryl methyl sites for hydroxylation is 2. The van der Waals surface area contributed by atoms with Crippen molar-refractivity contribution in [3.8, 4) is 0 Å². The molecular formula is C18H21N5O2S. The first kappa shape index (κ1) is 17.1. The summed E-state index contributed by atoms with van der Waals surface area (Å²) in [5.74, 6) is 0.451. The first-order valence-corrected chi connectivity index (χ1v) is 9.67. The zero-order chi connectivity index (χ0) is 18.1. The van der Waals surface area contributed by atoms with E-state index in [1.165, 1.54) is 0 Å². The Labute approximate surface area is 155 Å². The van der Waals surface area contributed by atoms with Crippen LogP contribution in [0.15, 0.2) is 22.9 Å². The van der Waals surface area contributed by atoms with Gasteiger partial charge >= 0.3 is 0 Å². The summed E-state index contributed by atoms with van der Waals surface area (Å²) in [5, 5.41) is 8.47. The molecule has 4 heterocycles. The number of hydrogen-bond donors (Lipinski definition) is 0. The number of carbonyl (C=O) groups excluding carboxylic acids is 1. The van der Waals surface area contributed by atoms with Gasteiger partial charge in [0.1, 0.15) is 0 Å². The lowest BCUT2D eigenvalue weighted by Gasteiger charge is -2.24. The summed E-state index contributed by atoms with van der Waals surface area (Å²) < 4.78 is 7.35. The van der Waals surface area contributed by atoms with Crippen molar-refractivity contribution in [3.63, 3.8) is 0 Å². The normalized spacial score (nSPS) is 17.1. The number of rotatable bonds is 5. The third kappa shape index (κ3) is 3.47. The number of carbonyl (C=O) groups is 1. The average Bonchev–Trinajstić information content (AvgIpc) is 3.35. The van der Waals surface area contributed by atoms with Gasteiger partial charge in [-0.25, -0.2) is 9.50 Å². The van der Waals surface area contributed by atoms with Gasteiger partial charge in [0.15, 0.2) is 0 Å². The predicted molar refractivity (Wildman–Crippen MR) is 98.3 cm³/mol. The molecule has 4 rings (SSSR count). The SMILES string of the molecule is Cc1cc(C)n2nc(C(=O)N(Cc3ccsc3)CC3CCCO3)nc2n1. The second-order valence-electron chi connectivity index (χ2n) is 6.64. The fraction of sp³-hybridized carbons (Fsp3) is 0.444. The molecule has 7 nitrogen and oxygen atoms in total. The van der Waals surface area contributed by atoms with Crippen molar-refractivity contribution >= 4 is 23.0 Å². The Bertz CT molecular complexity index is 915. The van der Waals surface area contributed by atoms with Crippen LogP contribution in [-0.2, 0) is 11.3 Å². The van der Waals surface area contributed by atoms with Gasteiger partial charge in [-0.1, -0.05) is 0 Å². The van der Waals surface area contributed by atoms with Crippen LogP contribution in [0.2, 0.25) is 0 Å². The number of aromatic nitrogens is 4.